The van der Waals surface area contributed by atoms with Gasteiger partial charge in [-0.25, -0.2) is 0 Å². The molecule has 0 unspecified atom stereocenters. The normalized spacial score (nSPS) is 16.4. The van der Waals surface area contributed by atoms with Crippen molar-refractivity contribution in [2.75, 3.05) is 16.8 Å². The van der Waals surface area contributed by atoms with E-state index in [1.54, 1.807) is 17.0 Å². The molecule has 0 saturated carbocycles. The molecule has 1 fully saturated rings. The van der Waals surface area contributed by atoms with Crippen LogP contribution in [0.1, 0.15) is 38.8 Å². The number of hydrogen-bond donors (Lipinski definition) is 1. The Kier molecular flexibility index (Phi) is 4.92. The van der Waals surface area contributed by atoms with Gasteiger partial charge < -0.3 is 4.90 Å². The van der Waals surface area contributed by atoms with Crippen LogP contribution in [0.15, 0.2) is 48.5 Å². The lowest BCUT2D eigenvalue weighted by Gasteiger charge is -2.16. The highest BCUT2D eigenvalue weighted by molar-refractivity contribution is 7.15. The molecule has 1 aliphatic heterocycles. The highest BCUT2D eigenvalue weighted by Gasteiger charge is 2.34. The summed E-state index contributed by atoms with van der Waals surface area (Å²) in [5.41, 5.74) is 3.73. The van der Waals surface area contributed by atoms with Gasteiger partial charge in [0.15, 0.2) is 0 Å². The van der Waals surface area contributed by atoms with Crippen LogP contribution >= 0.6 is 11.3 Å². The molecule has 1 N–H and O–H groups in total. The number of nitrogens with zero attached hydrogens (tertiary/aromatic N) is 3. The van der Waals surface area contributed by atoms with E-state index in [4.69, 9.17) is 0 Å². The van der Waals surface area contributed by atoms with Crippen molar-refractivity contribution in [3.63, 3.8) is 0 Å². The Morgan fingerprint density at radius 2 is 1.68 bits per heavy atom. The lowest BCUT2D eigenvalue weighted by atomic mass is 10.1. The topological polar surface area (TPSA) is 75.2 Å². The molecular formula is C21H20N4O2S. The number of hydrogen-bond acceptors (Lipinski definition) is 5. The van der Waals surface area contributed by atoms with Crippen molar-refractivity contribution in [1.82, 2.24) is 10.2 Å². The molecule has 2 amide bonds. The Morgan fingerprint density at radius 1 is 1.04 bits per heavy atom. The summed E-state index contributed by atoms with van der Waals surface area (Å²) >= 11 is 1.32. The number of carbonyl (C=O) groups is 2. The first-order valence-corrected chi connectivity index (χ1v) is 9.90. The molecule has 7 heteroatoms. The van der Waals surface area contributed by atoms with E-state index in [9.17, 15) is 9.59 Å². The van der Waals surface area contributed by atoms with Gasteiger partial charge >= 0.3 is 0 Å². The highest BCUT2D eigenvalue weighted by atomic mass is 32.1. The number of anilines is 2. The molecule has 0 radical (unpaired) electrons. The van der Waals surface area contributed by atoms with Gasteiger partial charge in [0.25, 0.3) is 5.91 Å². The second-order valence-electron chi connectivity index (χ2n) is 7.01. The van der Waals surface area contributed by atoms with Crippen LogP contribution < -0.4 is 10.2 Å². The Balaban J connectivity index is 1.44. The summed E-state index contributed by atoms with van der Waals surface area (Å²) in [5, 5.41) is 12.3. The van der Waals surface area contributed by atoms with E-state index in [1.165, 1.54) is 11.3 Å². The second kappa shape index (κ2) is 7.52. The maximum absolute atomic E-state index is 12.5. The maximum Gasteiger partial charge on any atom is 0.257 e. The van der Waals surface area contributed by atoms with E-state index in [0.717, 1.165) is 21.8 Å². The van der Waals surface area contributed by atoms with Crippen LogP contribution in [-0.4, -0.2) is 28.6 Å². The molecule has 2 aromatic carbocycles. The van der Waals surface area contributed by atoms with Crippen LogP contribution in [-0.2, 0) is 4.79 Å². The molecule has 1 aliphatic rings. The molecule has 1 saturated heterocycles. The minimum absolute atomic E-state index is 0.0173. The third kappa shape index (κ3) is 3.80. The maximum atomic E-state index is 12.5. The molecule has 142 valence electrons. The Morgan fingerprint density at radius 3 is 2.36 bits per heavy atom. The van der Waals surface area contributed by atoms with Crippen molar-refractivity contribution in [3.05, 3.63) is 70.2 Å². The van der Waals surface area contributed by atoms with Crippen LogP contribution in [0.2, 0.25) is 0 Å². The molecule has 2 heterocycles. The number of amides is 2. The molecular weight excluding hydrogens is 372 g/mol. The first kappa shape index (κ1) is 18.3. The molecule has 3 aromatic rings. The zero-order chi connectivity index (χ0) is 19.7. The van der Waals surface area contributed by atoms with Crippen molar-refractivity contribution < 1.29 is 9.59 Å². The predicted molar refractivity (Wildman–Crippen MR) is 110 cm³/mol. The Labute approximate surface area is 167 Å². The fourth-order valence-electron chi connectivity index (χ4n) is 3.17. The molecule has 6 nitrogen and oxygen atoms in total. The Bertz CT molecular complexity index is 1010. The molecule has 1 aromatic heterocycles. The van der Waals surface area contributed by atoms with Gasteiger partial charge in [0.1, 0.15) is 5.01 Å². The second-order valence-corrected chi connectivity index (χ2v) is 8.02. The largest absolute Gasteiger partial charge is 0.312 e. The number of benzene rings is 2. The third-order valence-corrected chi connectivity index (χ3v) is 5.80. The van der Waals surface area contributed by atoms with Crippen molar-refractivity contribution in [2.24, 2.45) is 0 Å². The van der Waals surface area contributed by atoms with Crippen LogP contribution in [0, 0.1) is 13.8 Å². The van der Waals surface area contributed by atoms with E-state index < -0.39 is 0 Å². The summed E-state index contributed by atoms with van der Waals surface area (Å²) in [5.74, 6) is -0.155. The van der Waals surface area contributed by atoms with Gasteiger partial charge in [-0.2, -0.15) is 0 Å². The monoisotopic (exact) mass is 392 g/mol. The van der Waals surface area contributed by atoms with E-state index in [-0.39, 0.29) is 17.7 Å². The lowest BCUT2D eigenvalue weighted by Crippen LogP contribution is -2.24. The standard InChI is InChI=1S/C21H20N4O2S/c1-13-3-7-15(8-4-13)19(27)22-21-24-23-20(28-21)16-11-18(26)25(12-16)17-9-5-14(2)6-10-17/h3-10,16H,11-12H2,1-2H3,(H,22,24,27)/t16-/m0/s1. The number of aryl methyl sites for hydroxylation is 2. The summed E-state index contributed by atoms with van der Waals surface area (Å²) in [6, 6.07) is 15.3. The molecule has 0 spiro atoms. The predicted octanol–water partition coefficient (Wildman–Crippen LogP) is 3.93. The van der Waals surface area contributed by atoms with E-state index in [2.05, 4.69) is 15.5 Å². The SMILES string of the molecule is Cc1ccc(C(=O)Nc2nnc([C@H]3CC(=O)N(c4ccc(C)cc4)C3)s2)cc1. The van der Waals surface area contributed by atoms with Gasteiger partial charge in [-0.1, -0.05) is 46.7 Å². The average Bonchev–Trinajstić information content (AvgIpc) is 3.29. The highest BCUT2D eigenvalue weighted by Crippen LogP contribution is 2.34. The van der Waals surface area contributed by atoms with Gasteiger partial charge in [0.2, 0.25) is 11.0 Å². The molecule has 1 atom stereocenters. The fraction of sp³-hybridized carbons (Fsp3) is 0.238. The van der Waals surface area contributed by atoms with Gasteiger partial charge in [-0.15, -0.1) is 10.2 Å². The van der Waals surface area contributed by atoms with Gasteiger partial charge in [0.05, 0.1) is 0 Å². The molecule has 0 bridgehead atoms. The van der Waals surface area contributed by atoms with Crippen LogP contribution in [0.3, 0.4) is 0 Å². The number of carbonyl (C=O) groups excluding carboxylic acids is 2. The van der Waals surface area contributed by atoms with Crippen LogP contribution in [0.5, 0.6) is 0 Å². The number of nitrogens with one attached hydrogen (secondary N) is 1. The molecule has 4 rings (SSSR count). The zero-order valence-corrected chi connectivity index (χ0v) is 16.5. The van der Waals surface area contributed by atoms with E-state index >= 15 is 0 Å². The third-order valence-electron chi connectivity index (χ3n) is 4.79. The molecule has 28 heavy (non-hydrogen) atoms. The minimum Gasteiger partial charge on any atom is -0.312 e. The summed E-state index contributed by atoms with van der Waals surface area (Å²) in [6.45, 7) is 4.57. The van der Waals surface area contributed by atoms with Crippen molar-refractivity contribution in [1.29, 1.82) is 0 Å². The van der Waals surface area contributed by atoms with Crippen molar-refractivity contribution in [2.45, 2.75) is 26.2 Å². The zero-order valence-electron chi connectivity index (χ0n) is 15.7. The Hall–Kier alpha value is -3.06. The first-order valence-electron chi connectivity index (χ1n) is 9.08. The number of aromatic nitrogens is 2. The number of rotatable bonds is 4. The molecule has 0 aliphatic carbocycles. The van der Waals surface area contributed by atoms with Gasteiger partial charge in [-0.05, 0) is 38.1 Å². The summed E-state index contributed by atoms with van der Waals surface area (Å²) in [4.78, 5) is 26.6. The van der Waals surface area contributed by atoms with Gasteiger partial charge in [-0.3, -0.25) is 14.9 Å². The first-order chi connectivity index (χ1) is 13.5. The van der Waals surface area contributed by atoms with E-state index in [0.29, 0.717) is 23.7 Å². The van der Waals surface area contributed by atoms with Crippen molar-refractivity contribution >= 4 is 34.0 Å². The summed E-state index contributed by atoms with van der Waals surface area (Å²) < 4.78 is 0. The minimum atomic E-state index is -0.216. The smallest absolute Gasteiger partial charge is 0.257 e. The quantitative estimate of drug-likeness (QED) is 0.730. The van der Waals surface area contributed by atoms with Gasteiger partial charge in [0, 0.05) is 30.1 Å². The fourth-order valence-corrected chi connectivity index (χ4v) is 4.00. The van der Waals surface area contributed by atoms with E-state index in [1.807, 2.05) is 50.2 Å². The average molecular weight is 392 g/mol. The van der Waals surface area contributed by atoms with Crippen molar-refractivity contribution in [3.8, 4) is 0 Å². The van der Waals surface area contributed by atoms with Crippen LogP contribution in [0.4, 0.5) is 10.8 Å². The summed E-state index contributed by atoms with van der Waals surface area (Å²) in [6.07, 6.45) is 0.397. The lowest BCUT2D eigenvalue weighted by molar-refractivity contribution is -0.117. The van der Waals surface area contributed by atoms with Crippen LogP contribution in [0.25, 0.3) is 0 Å². The summed E-state index contributed by atoms with van der Waals surface area (Å²) in [7, 11) is 0.